The number of rotatable bonds is 70. The highest BCUT2D eigenvalue weighted by Gasteiger charge is 2.27. The van der Waals surface area contributed by atoms with Crippen molar-refractivity contribution in [2.24, 2.45) is 0 Å². The van der Waals surface area contributed by atoms with Gasteiger partial charge in [-0.2, -0.15) is 0 Å². The van der Waals surface area contributed by atoms with Crippen molar-refractivity contribution in [3.63, 3.8) is 0 Å². The molecule has 0 aliphatic heterocycles. The van der Waals surface area contributed by atoms with E-state index in [1.807, 2.05) is 21.1 Å². The average Bonchev–Trinajstić information content (AvgIpc) is 1.56. The third kappa shape index (κ3) is 76.9. The lowest BCUT2D eigenvalue weighted by Gasteiger charge is -2.24. The van der Waals surface area contributed by atoms with Crippen LogP contribution in [0.1, 0.15) is 322 Å². The first-order valence-electron chi connectivity index (χ1n) is 38.6. The summed E-state index contributed by atoms with van der Waals surface area (Å²) in [5.41, 5.74) is 0. The smallest absolute Gasteiger partial charge is 0.462 e. The lowest BCUT2D eigenvalue weighted by atomic mass is 10.0. The Balaban J connectivity index is 4.01. The number of phosphoric acid groups is 1. The topological polar surface area (TPSA) is 108 Å². The maximum absolute atomic E-state index is 12.9. The SMILES string of the molecule is CC/C=C\C/C=C\C/C=C\C/C=C\C/C=C\C/C=C\C/C=C\CCCCCCCCCCCCCCCCCC(=O)OC(COC(=O)CCCCCCCCCCCCCCCCCCC/C=C\C/C=C\C/C=C\C/C=C\C/C=C\CC)COP(=O)(O)OCC[N+](C)(C)C. The molecule has 9 nitrogen and oxygen atoms in total. The number of allylic oxidation sites excluding steroid dienone is 24. The van der Waals surface area contributed by atoms with Crippen LogP contribution in [0.25, 0.3) is 0 Å². The average molecular weight is 1330 g/mol. The van der Waals surface area contributed by atoms with E-state index < -0.39 is 26.5 Å². The summed E-state index contributed by atoms with van der Waals surface area (Å²) in [6, 6.07) is 0. The third-order valence-corrected chi connectivity index (χ3v) is 17.3. The third-order valence-electron chi connectivity index (χ3n) is 16.4. The van der Waals surface area contributed by atoms with Gasteiger partial charge in [-0.25, -0.2) is 4.57 Å². The molecule has 0 radical (unpaired) electrons. The number of likely N-dealkylation sites (N-methyl/N-ethyl adjacent to an activating group) is 1. The minimum Gasteiger partial charge on any atom is -0.462 e. The Bertz CT molecular complexity index is 2100. The molecule has 0 bridgehead atoms. The van der Waals surface area contributed by atoms with Crippen molar-refractivity contribution in [2.75, 3.05) is 47.5 Å². The van der Waals surface area contributed by atoms with Crippen molar-refractivity contribution < 1.29 is 42.1 Å². The Morgan fingerprint density at radius 3 is 0.851 bits per heavy atom. The van der Waals surface area contributed by atoms with Gasteiger partial charge >= 0.3 is 19.8 Å². The first kappa shape index (κ1) is 89.9. The number of carbonyl (C=O) groups excluding carboxylic acids is 2. The molecule has 538 valence electrons. The number of hydrogen-bond donors (Lipinski definition) is 1. The molecule has 0 amide bonds. The van der Waals surface area contributed by atoms with E-state index in [0.29, 0.717) is 17.4 Å². The molecule has 0 fully saturated rings. The zero-order valence-electron chi connectivity index (χ0n) is 61.4. The number of quaternary nitrogens is 1. The molecule has 0 aliphatic rings. The van der Waals surface area contributed by atoms with Crippen LogP contribution in [0.2, 0.25) is 0 Å². The number of nitrogens with zero attached hydrogens (tertiary/aromatic N) is 1. The van der Waals surface area contributed by atoms with E-state index in [1.165, 1.54) is 173 Å². The van der Waals surface area contributed by atoms with Crippen LogP contribution in [0.4, 0.5) is 0 Å². The van der Waals surface area contributed by atoms with Gasteiger partial charge in [0.2, 0.25) is 0 Å². The zero-order chi connectivity index (χ0) is 68.3. The van der Waals surface area contributed by atoms with Gasteiger partial charge in [0.25, 0.3) is 0 Å². The molecule has 0 spiro atoms. The van der Waals surface area contributed by atoms with E-state index in [0.717, 1.165) is 116 Å². The van der Waals surface area contributed by atoms with E-state index in [4.69, 9.17) is 18.5 Å². The summed E-state index contributed by atoms with van der Waals surface area (Å²) in [6.45, 7) is 4.23. The van der Waals surface area contributed by atoms with E-state index in [2.05, 4.69) is 160 Å². The fourth-order valence-corrected chi connectivity index (χ4v) is 11.3. The van der Waals surface area contributed by atoms with E-state index >= 15 is 0 Å². The summed E-state index contributed by atoms with van der Waals surface area (Å²) in [6.07, 6.45) is 108. The first-order chi connectivity index (χ1) is 46.0. The second-order valence-corrected chi connectivity index (χ2v) is 28.1. The molecule has 0 saturated carbocycles. The molecule has 0 rings (SSSR count). The predicted octanol–water partition coefficient (Wildman–Crippen LogP) is 25.7. The lowest BCUT2D eigenvalue weighted by molar-refractivity contribution is -0.870. The highest BCUT2D eigenvalue weighted by Crippen LogP contribution is 2.43. The van der Waals surface area contributed by atoms with E-state index in [1.54, 1.807) is 0 Å². The van der Waals surface area contributed by atoms with Gasteiger partial charge < -0.3 is 18.9 Å². The van der Waals surface area contributed by atoms with Gasteiger partial charge in [0.1, 0.15) is 19.8 Å². The van der Waals surface area contributed by atoms with Crippen molar-refractivity contribution in [3.05, 3.63) is 146 Å². The molecule has 0 saturated heterocycles. The van der Waals surface area contributed by atoms with Crippen LogP contribution in [0, 0.1) is 0 Å². The lowest BCUT2D eigenvalue weighted by Crippen LogP contribution is -2.37. The highest BCUT2D eigenvalue weighted by molar-refractivity contribution is 7.47. The number of phosphoric ester groups is 1. The number of hydrogen-bond acceptors (Lipinski definition) is 7. The van der Waals surface area contributed by atoms with Gasteiger partial charge in [0.15, 0.2) is 6.10 Å². The summed E-state index contributed by atoms with van der Waals surface area (Å²) in [5, 5.41) is 0. The monoisotopic (exact) mass is 1330 g/mol. The molecule has 10 heteroatoms. The molecule has 0 aromatic rings. The van der Waals surface area contributed by atoms with E-state index in [-0.39, 0.29) is 32.0 Å². The van der Waals surface area contributed by atoms with Gasteiger partial charge in [-0.05, 0) is 116 Å². The van der Waals surface area contributed by atoms with Crippen molar-refractivity contribution >= 4 is 19.8 Å². The molecule has 94 heavy (non-hydrogen) atoms. The van der Waals surface area contributed by atoms with Gasteiger partial charge in [0, 0.05) is 12.8 Å². The Morgan fingerprint density at radius 2 is 0.574 bits per heavy atom. The number of esters is 2. The minimum atomic E-state index is -4.40. The summed E-state index contributed by atoms with van der Waals surface area (Å²) >= 11 is 0. The normalized spacial score (nSPS) is 13.9. The maximum atomic E-state index is 12.9. The number of carbonyl (C=O) groups is 2. The molecule has 0 aliphatic carbocycles. The molecular weight excluding hydrogens is 1180 g/mol. The van der Waals surface area contributed by atoms with Crippen molar-refractivity contribution in [2.45, 2.75) is 328 Å². The molecule has 0 heterocycles. The fraction of sp³-hybridized carbons (Fsp3) is 0.690. The van der Waals surface area contributed by atoms with Crippen LogP contribution in [-0.4, -0.2) is 74.9 Å². The summed E-state index contributed by atoms with van der Waals surface area (Å²) < 4.78 is 34.8. The first-order valence-corrected chi connectivity index (χ1v) is 40.1. The molecule has 2 unspecified atom stereocenters. The summed E-state index contributed by atoms with van der Waals surface area (Å²) in [7, 11) is 1.48. The Hall–Kier alpha value is -4.11. The second kappa shape index (κ2) is 73.1. The van der Waals surface area contributed by atoms with Crippen LogP contribution in [0.15, 0.2) is 146 Å². The fourth-order valence-electron chi connectivity index (χ4n) is 10.6. The van der Waals surface area contributed by atoms with Crippen LogP contribution in [-0.2, 0) is 32.7 Å². The molecular formula is C84H145NO8P+. The largest absolute Gasteiger partial charge is 0.472 e. The van der Waals surface area contributed by atoms with E-state index in [9.17, 15) is 19.0 Å². The van der Waals surface area contributed by atoms with Crippen LogP contribution < -0.4 is 0 Å². The number of unbranched alkanes of at least 4 members (excludes halogenated alkanes) is 32. The minimum absolute atomic E-state index is 0.0277. The van der Waals surface area contributed by atoms with Gasteiger partial charge in [0.05, 0.1) is 27.7 Å². The molecule has 2 atom stereocenters. The Labute approximate surface area is 580 Å². The molecule has 0 aromatic carbocycles. The Kier molecular flexibility index (Phi) is 69.9. The highest BCUT2D eigenvalue weighted by atomic mass is 31.2. The zero-order valence-corrected chi connectivity index (χ0v) is 62.3. The molecule has 0 aromatic heterocycles. The summed E-state index contributed by atoms with van der Waals surface area (Å²) in [4.78, 5) is 36.0. The predicted molar refractivity (Wildman–Crippen MR) is 408 cm³/mol. The molecule has 1 N–H and O–H groups in total. The summed E-state index contributed by atoms with van der Waals surface area (Å²) in [5.74, 6) is -0.792. The Morgan fingerprint density at radius 1 is 0.330 bits per heavy atom. The van der Waals surface area contributed by atoms with Gasteiger partial charge in [-0.15, -0.1) is 0 Å². The van der Waals surface area contributed by atoms with Crippen LogP contribution in [0.3, 0.4) is 0 Å². The van der Waals surface area contributed by atoms with Crippen LogP contribution in [0.5, 0.6) is 0 Å². The quantitative estimate of drug-likeness (QED) is 0.0211. The van der Waals surface area contributed by atoms with Gasteiger partial charge in [-0.3, -0.25) is 18.6 Å². The standard InChI is InChI=1S/C84H144NO8P/c1-6-8-10-12-14-16-18-20-22-24-26-28-30-32-34-36-38-40-41-42-43-45-47-49-51-53-55-57-59-61-63-65-67-69-71-73-75-77-84(87)93-82(81-92-94(88,89)91-79-78-85(3,4)5)80-90-83(86)76-74-72-70-68-66-64-62-60-58-56-54-52-50-48-46-44-39-37-35-33-31-29-27-25-23-21-19-17-15-13-11-9-7-2/h8-11,14-17,20-23,26-29,32-35,38,40,42-43,82H,6-7,12-13,18-19,24-25,30-31,36-37,39,41,44-81H2,1-5H3/p+1/b10-8-,11-9-,16-14-,17-15-,22-20-,23-21-,28-26-,29-27-,34-32-,35-33-,40-38-,43-42-. The van der Waals surface area contributed by atoms with Crippen molar-refractivity contribution in [1.29, 1.82) is 0 Å². The number of ether oxygens (including phenoxy) is 2. The van der Waals surface area contributed by atoms with Crippen molar-refractivity contribution in [3.8, 4) is 0 Å². The second-order valence-electron chi connectivity index (χ2n) is 26.6. The van der Waals surface area contributed by atoms with Crippen molar-refractivity contribution in [1.82, 2.24) is 0 Å². The maximum Gasteiger partial charge on any atom is 0.472 e. The van der Waals surface area contributed by atoms with Gasteiger partial charge in [-0.1, -0.05) is 339 Å². The van der Waals surface area contributed by atoms with Crippen LogP contribution >= 0.6 is 7.82 Å².